The summed E-state index contributed by atoms with van der Waals surface area (Å²) in [6, 6.07) is 1.96. The largest absolute Gasteiger partial charge is 0.459 e. The molecule has 2 rings (SSSR count). The number of rotatable bonds is 6. The quantitative estimate of drug-likeness (QED) is 0.809. The van der Waals surface area contributed by atoms with E-state index < -0.39 is 0 Å². The summed E-state index contributed by atoms with van der Waals surface area (Å²) in [5.74, 6) is 0.632. The Morgan fingerprint density at radius 3 is 2.86 bits per heavy atom. The Morgan fingerprint density at radius 2 is 2.29 bits per heavy atom. The van der Waals surface area contributed by atoms with Crippen molar-refractivity contribution in [2.24, 2.45) is 0 Å². The van der Waals surface area contributed by atoms with E-state index in [1.54, 1.807) is 13.4 Å². The van der Waals surface area contributed by atoms with Gasteiger partial charge in [-0.25, -0.2) is 0 Å². The van der Waals surface area contributed by atoms with Crippen molar-refractivity contribution in [1.29, 1.82) is 0 Å². The molecule has 0 N–H and O–H groups in total. The van der Waals surface area contributed by atoms with Crippen LogP contribution in [0.4, 0.5) is 0 Å². The second kappa shape index (κ2) is 7.09. The second-order valence-corrected chi connectivity index (χ2v) is 5.78. The van der Waals surface area contributed by atoms with Crippen molar-refractivity contribution in [2.75, 3.05) is 26.9 Å². The zero-order chi connectivity index (χ0) is 15.4. The minimum Gasteiger partial charge on any atom is -0.459 e. The molecule has 0 unspecified atom stereocenters. The smallest absolute Gasteiger partial charge is 0.290 e. The topological polar surface area (TPSA) is 51.9 Å². The molecule has 0 aliphatic carbocycles. The zero-order valence-electron chi connectivity index (χ0n) is 13.3. The lowest BCUT2D eigenvalue weighted by molar-refractivity contribution is 0.0399. The molecule has 5 heteroatoms. The molecule has 0 spiro atoms. The molecule has 1 aromatic heterocycles. The molecule has 5 nitrogen and oxygen atoms in total. The Labute approximate surface area is 126 Å². The van der Waals surface area contributed by atoms with E-state index in [1.165, 1.54) is 0 Å². The Bertz CT molecular complexity index is 469. The average molecular weight is 295 g/mol. The van der Waals surface area contributed by atoms with Gasteiger partial charge in [0.05, 0.1) is 25.0 Å². The van der Waals surface area contributed by atoms with Crippen molar-refractivity contribution >= 4 is 5.91 Å². The Balaban J connectivity index is 2.23. The van der Waals surface area contributed by atoms with E-state index in [0.29, 0.717) is 25.5 Å². The number of methoxy groups -OCH3 is 1. The molecule has 1 aliphatic rings. The first-order valence-corrected chi connectivity index (χ1v) is 7.55. The Morgan fingerprint density at radius 1 is 1.52 bits per heavy atom. The fourth-order valence-electron chi connectivity index (χ4n) is 2.82. The number of nitrogens with zero attached hydrogens (tertiary/aromatic N) is 1. The maximum absolute atomic E-state index is 12.9. The number of carbonyl (C=O) groups excluding carboxylic acids is 1. The molecule has 0 saturated carbocycles. The second-order valence-electron chi connectivity index (χ2n) is 5.78. The van der Waals surface area contributed by atoms with Gasteiger partial charge < -0.3 is 18.8 Å². The van der Waals surface area contributed by atoms with Gasteiger partial charge in [0.2, 0.25) is 0 Å². The molecule has 1 amide bonds. The summed E-state index contributed by atoms with van der Waals surface area (Å²) in [5, 5.41) is 0. The van der Waals surface area contributed by atoms with Crippen LogP contribution in [0.15, 0.2) is 16.7 Å². The lowest BCUT2D eigenvalue weighted by Gasteiger charge is -2.30. The minimum absolute atomic E-state index is 0.0447. The molecule has 1 saturated heterocycles. The molecule has 0 aromatic carbocycles. The number of furan rings is 1. The van der Waals surface area contributed by atoms with Crippen molar-refractivity contribution in [3.05, 3.63) is 23.7 Å². The summed E-state index contributed by atoms with van der Waals surface area (Å²) < 4.78 is 16.2. The predicted molar refractivity (Wildman–Crippen MR) is 79.5 cm³/mol. The van der Waals surface area contributed by atoms with Gasteiger partial charge in [-0.05, 0) is 25.3 Å². The van der Waals surface area contributed by atoms with Gasteiger partial charge in [0.25, 0.3) is 5.91 Å². The fraction of sp³-hybridized carbons (Fsp3) is 0.688. The maximum atomic E-state index is 12.9. The first kappa shape index (κ1) is 16.0. The number of carbonyl (C=O) groups is 1. The van der Waals surface area contributed by atoms with Crippen LogP contribution in [0.25, 0.3) is 0 Å². The molecule has 2 atom stereocenters. The highest BCUT2D eigenvalue weighted by Gasteiger charge is 2.35. The van der Waals surface area contributed by atoms with Gasteiger partial charge in [0, 0.05) is 25.8 Å². The van der Waals surface area contributed by atoms with Gasteiger partial charge in [-0.3, -0.25) is 4.79 Å². The van der Waals surface area contributed by atoms with Crippen LogP contribution in [0.3, 0.4) is 0 Å². The summed E-state index contributed by atoms with van der Waals surface area (Å²) >= 11 is 0. The van der Waals surface area contributed by atoms with E-state index in [9.17, 15) is 4.79 Å². The van der Waals surface area contributed by atoms with E-state index in [-0.39, 0.29) is 24.0 Å². The highest BCUT2D eigenvalue weighted by atomic mass is 16.5. The molecule has 1 aliphatic heterocycles. The van der Waals surface area contributed by atoms with E-state index in [0.717, 1.165) is 12.0 Å². The van der Waals surface area contributed by atoms with Gasteiger partial charge >= 0.3 is 0 Å². The highest BCUT2D eigenvalue weighted by Crippen LogP contribution is 2.26. The van der Waals surface area contributed by atoms with Crippen LogP contribution < -0.4 is 0 Å². The van der Waals surface area contributed by atoms with Gasteiger partial charge in [-0.1, -0.05) is 13.8 Å². The van der Waals surface area contributed by atoms with Crippen molar-refractivity contribution in [3.63, 3.8) is 0 Å². The van der Waals surface area contributed by atoms with Crippen molar-refractivity contribution in [3.8, 4) is 0 Å². The van der Waals surface area contributed by atoms with Crippen LogP contribution in [0.2, 0.25) is 0 Å². The van der Waals surface area contributed by atoms with E-state index in [2.05, 4.69) is 13.8 Å². The number of hydrogen-bond donors (Lipinski definition) is 0. The van der Waals surface area contributed by atoms with Crippen LogP contribution in [-0.4, -0.2) is 49.8 Å². The van der Waals surface area contributed by atoms with Gasteiger partial charge in [-0.2, -0.15) is 0 Å². The number of amides is 1. The summed E-state index contributed by atoms with van der Waals surface area (Å²) in [6.45, 7) is 7.87. The van der Waals surface area contributed by atoms with Gasteiger partial charge in [-0.15, -0.1) is 0 Å². The van der Waals surface area contributed by atoms with E-state index in [1.807, 2.05) is 17.9 Å². The molecule has 118 valence electrons. The minimum atomic E-state index is -0.0666. The predicted octanol–water partition coefficient (Wildman–Crippen LogP) is 2.67. The molecule has 2 heterocycles. The number of hydrogen-bond acceptors (Lipinski definition) is 4. The summed E-state index contributed by atoms with van der Waals surface area (Å²) in [7, 11) is 1.64. The first-order chi connectivity index (χ1) is 10.1. The molecule has 0 bridgehead atoms. The van der Waals surface area contributed by atoms with Gasteiger partial charge in [0.1, 0.15) is 0 Å². The standard InChI is InChI=1S/C16H25NO4/c1-11(2)13-5-8-21-15(13)16(18)17(7-10-19-4)14-6-9-20-12(14)3/h5,8,11-12,14H,6-7,9-10H2,1-4H3/t12-,14+/m0/s1. The van der Waals surface area contributed by atoms with Crippen molar-refractivity contribution < 1.29 is 18.7 Å². The molecule has 21 heavy (non-hydrogen) atoms. The third-order valence-electron chi connectivity index (χ3n) is 4.05. The maximum Gasteiger partial charge on any atom is 0.290 e. The molecular formula is C16H25NO4. The molecule has 1 aromatic rings. The van der Waals surface area contributed by atoms with Crippen LogP contribution in [-0.2, 0) is 9.47 Å². The Kier molecular flexibility index (Phi) is 5.42. The lowest BCUT2D eigenvalue weighted by atomic mass is 10.0. The van der Waals surface area contributed by atoms with Crippen LogP contribution >= 0.6 is 0 Å². The van der Waals surface area contributed by atoms with Gasteiger partial charge in [0.15, 0.2) is 5.76 Å². The molecule has 0 radical (unpaired) electrons. The Hall–Kier alpha value is -1.33. The third kappa shape index (κ3) is 3.47. The monoisotopic (exact) mass is 295 g/mol. The summed E-state index contributed by atoms with van der Waals surface area (Å²) in [5.41, 5.74) is 0.953. The SMILES string of the molecule is COCCN(C(=O)c1occc1C(C)C)[C@@H]1CCO[C@H]1C. The third-order valence-corrected chi connectivity index (χ3v) is 4.05. The summed E-state index contributed by atoms with van der Waals surface area (Å²) in [6.07, 6.45) is 2.49. The zero-order valence-corrected chi connectivity index (χ0v) is 13.3. The van der Waals surface area contributed by atoms with Crippen LogP contribution in [0.1, 0.15) is 49.2 Å². The highest BCUT2D eigenvalue weighted by molar-refractivity contribution is 5.93. The normalized spacial score (nSPS) is 22.0. The fourth-order valence-corrected chi connectivity index (χ4v) is 2.82. The van der Waals surface area contributed by atoms with Crippen LogP contribution in [0, 0.1) is 0 Å². The van der Waals surface area contributed by atoms with E-state index in [4.69, 9.17) is 13.9 Å². The molecular weight excluding hydrogens is 270 g/mol. The first-order valence-electron chi connectivity index (χ1n) is 7.55. The van der Waals surface area contributed by atoms with Crippen LogP contribution in [0.5, 0.6) is 0 Å². The summed E-state index contributed by atoms with van der Waals surface area (Å²) in [4.78, 5) is 14.7. The molecule has 1 fully saturated rings. The lowest BCUT2D eigenvalue weighted by Crippen LogP contribution is -2.45. The van der Waals surface area contributed by atoms with Crippen molar-refractivity contribution in [2.45, 2.75) is 45.3 Å². The number of ether oxygens (including phenoxy) is 2. The van der Waals surface area contributed by atoms with E-state index >= 15 is 0 Å². The van der Waals surface area contributed by atoms with Crippen molar-refractivity contribution in [1.82, 2.24) is 4.90 Å². The average Bonchev–Trinajstić information content (AvgIpc) is 3.08.